The molecule has 5 rings (SSSR count). The third kappa shape index (κ3) is 5.49. The summed E-state index contributed by atoms with van der Waals surface area (Å²) in [4.78, 5) is 11.0. The zero-order chi connectivity index (χ0) is 26.2. The fourth-order valence-electron chi connectivity index (χ4n) is 5.22. The van der Waals surface area contributed by atoms with Gasteiger partial charge in [0.05, 0.1) is 12.1 Å². The fourth-order valence-corrected chi connectivity index (χ4v) is 5.22. The molecule has 37 heavy (non-hydrogen) atoms. The van der Waals surface area contributed by atoms with Crippen LogP contribution < -0.4 is 0 Å². The average molecular weight is 516 g/mol. The van der Waals surface area contributed by atoms with Gasteiger partial charge in [-0.2, -0.15) is 18.3 Å². The van der Waals surface area contributed by atoms with E-state index in [1.807, 2.05) is 6.92 Å². The molecule has 0 aliphatic carbocycles. The summed E-state index contributed by atoms with van der Waals surface area (Å²) in [5.41, 5.74) is 2.97. The molecule has 0 saturated carbocycles. The van der Waals surface area contributed by atoms with Crippen LogP contribution in [0.2, 0.25) is 0 Å². The zero-order valence-electron chi connectivity index (χ0n) is 20.2. The predicted octanol–water partition coefficient (Wildman–Crippen LogP) is 5.99. The largest absolute Gasteiger partial charge is 0.416 e. The van der Waals surface area contributed by atoms with E-state index in [9.17, 15) is 22.0 Å². The standard InChI is InChI=1S/C27H26F5N5/c1-17(23(14-37-16-33-15-34-37)22-7-6-21(28)12-24(22)29)36-10-9-26-19(13-36)5-8-25(35-26)18-3-2-4-20(11-18)27(30,31)32/h2-4,6-7,11-12,15-17,23H,5,8-10,13-14H2,1H3. The molecule has 2 aliphatic rings. The van der Waals surface area contributed by atoms with E-state index in [0.29, 0.717) is 55.7 Å². The number of halogens is 5. The van der Waals surface area contributed by atoms with Gasteiger partial charge >= 0.3 is 6.18 Å². The first-order valence-electron chi connectivity index (χ1n) is 12.2. The van der Waals surface area contributed by atoms with E-state index >= 15 is 0 Å². The van der Waals surface area contributed by atoms with Crippen molar-refractivity contribution >= 4 is 5.71 Å². The third-order valence-corrected chi connectivity index (χ3v) is 7.27. The molecule has 1 aromatic heterocycles. The summed E-state index contributed by atoms with van der Waals surface area (Å²) in [6.07, 6.45) is 0.490. The number of hydrogen-bond acceptors (Lipinski definition) is 4. The monoisotopic (exact) mass is 515 g/mol. The Bertz CT molecular complexity index is 1330. The van der Waals surface area contributed by atoms with Crippen LogP contribution in [0.25, 0.3) is 0 Å². The maximum Gasteiger partial charge on any atom is 0.416 e. The molecule has 5 nitrogen and oxygen atoms in total. The highest BCUT2D eigenvalue weighted by Crippen LogP contribution is 2.35. The van der Waals surface area contributed by atoms with Crippen molar-refractivity contribution in [1.82, 2.24) is 19.7 Å². The molecular formula is C27H26F5N5. The second-order valence-corrected chi connectivity index (χ2v) is 9.54. The van der Waals surface area contributed by atoms with Gasteiger partial charge in [-0.05, 0) is 54.7 Å². The Kier molecular flexibility index (Phi) is 6.94. The lowest BCUT2D eigenvalue weighted by atomic mass is 9.88. The summed E-state index contributed by atoms with van der Waals surface area (Å²) in [6.45, 7) is 3.70. The minimum absolute atomic E-state index is 0.105. The lowest BCUT2D eigenvalue weighted by Gasteiger charge is -2.39. The van der Waals surface area contributed by atoms with Crippen LogP contribution in [0.15, 0.2) is 71.4 Å². The summed E-state index contributed by atoms with van der Waals surface area (Å²) in [5, 5.41) is 4.17. The molecule has 0 spiro atoms. The van der Waals surface area contributed by atoms with E-state index in [4.69, 9.17) is 4.99 Å². The molecule has 2 atom stereocenters. The van der Waals surface area contributed by atoms with E-state index in [2.05, 4.69) is 15.0 Å². The molecular weight excluding hydrogens is 489 g/mol. The molecule has 0 bridgehead atoms. The summed E-state index contributed by atoms with van der Waals surface area (Å²) in [5.74, 6) is -1.53. The molecule has 0 radical (unpaired) electrons. The SMILES string of the molecule is CC(C(Cn1cncn1)c1ccc(F)cc1F)N1CCC2=C(CCC(c3cccc(C(F)(F)F)c3)=N2)C1. The van der Waals surface area contributed by atoms with Gasteiger partial charge in [-0.1, -0.05) is 18.2 Å². The Balaban J connectivity index is 1.38. The van der Waals surface area contributed by atoms with Gasteiger partial charge in [0.2, 0.25) is 0 Å². The summed E-state index contributed by atoms with van der Waals surface area (Å²) >= 11 is 0. The van der Waals surface area contributed by atoms with Gasteiger partial charge in [-0.15, -0.1) is 0 Å². The second kappa shape index (κ2) is 10.2. The maximum absolute atomic E-state index is 14.8. The number of rotatable bonds is 6. The molecule has 2 aromatic carbocycles. The van der Waals surface area contributed by atoms with Crippen LogP contribution in [0, 0.1) is 11.6 Å². The first-order chi connectivity index (χ1) is 17.7. The first-order valence-corrected chi connectivity index (χ1v) is 12.2. The van der Waals surface area contributed by atoms with Gasteiger partial charge in [-0.3, -0.25) is 14.6 Å². The highest BCUT2D eigenvalue weighted by molar-refractivity contribution is 6.02. The average Bonchev–Trinajstić information content (AvgIpc) is 3.39. The highest BCUT2D eigenvalue weighted by atomic mass is 19.4. The minimum atomic E-state index is -4.40. The summed E-state index contributed by atoms with van der Waals surface area (Å²) in [7, 11) is 0. The van der Waals surface area contributed by atoms with Crippen molar-refractivity contribution < 1.29 is 22.0 Å². The fraction of sp³-hybridized carbons (Fsp3) is 0.370. The van der Waals surface area contributed by atoms with Crippen molar-refractivity contribution in [3.8, 4) is 0 Å². The molecule has 0 saturated heterocycles. The van der Waals surface area contributed by atoms with Crippen LogP contribution in [-0.4, -0.2) is 44.5 Å². The van der Waals surface area contributed by atoms with Gasteiger partial charge in [0, 0.05) is 48.9 Å². The number of hydrogen-bond donors (Lipinski definition) is 0. The van der Waals surface area contributed by atoms with Crippen LogP contribution in [0.5, 0.6) is 0 Å². The second-order valence-electron chi connectivity index (χ2n) is 9.54. The number of aliphatic imine (C=N–C) groups is 1. The molecule has 0 N–H and O–H groups in total. The van der Waals surface area contributed by atoms with Crippen molar-refractivity contribution in [3.05, 3.63) is 94.7 Å². The third-order valence-electron chi connectivity index (χ3n) is 7.27. The van der Waals surface area contributed by atoms with Gasteiger partial charge in [-0.25, -0.2) is 13.8 Å². The van der Waals surface area contributed by atoms with E-state index < -0.39 is 23.4 Å². The Morgan fingerprint density at radius 3 is 2.59 bits per heavy atom. The van der Waals surface area contributed by atoms with Crippen molar-refractivity contribution in [2.45, 2.75) is 50.9 Å². The van der Waals surface area contributed by atoms with Crippen LogP contribution >= 0.6 is 0 Å². The van der Waals surface area contributed by atoms with Crippen LogP contribution in [-0.2, 0) is 12.7 Å². The molecule has 2 unspecified atom stereocenters. The topological polar surface area (TPSA) is 46.3 Å². The van der Waals surface area contributed by atoms with Crippen molar-refractivity contribution in [2.75, 3.05) is 13.1 Å². The Labute approximate surface area is 211 Å². The van der Waals surface area contributed by atoms with E-state index in [1.165, 1.54) is 24.5 Å². The molecule has 3 aromatic rings. The van der Waals surface area contributed by atoms with Crippen molar-refractivity contribution in [1.29, 1.82) is 0 Å². The maximum atomic E-state index is 14.8. The molecule has 2 aliphatic heterocycles. The lowest BCUT2D eigenvalue weighted by molar-refractivity contribution is -0.137. The predicted molar refractivity (Wildman–Crippen MR) is 129 cm³/mol. The molecule has 0 amide bonds. The van der Waals surface area contributed by atoms with Crippen LogP contribution in [0.3, 0.4) is 0 Å². The molecule has 194 valence electrons. The van der Waals surface area contributed by atoms with E-state index in [-0.39, 0.29) is 12.0 Å². The molecule has 3 heterocycles. The number of alkyl halides is 3. The highest BCUT2D eigenvalue weighted by Gasteiger charge is 2.33. The Hall–Kier alpha value is -3.40. The van der Waals surface area contributed by atoms with E-state index in [1.54, 1.807) is 17.1 Å². The molecule has 10 heteroatoms. The minimum Gasteiger partial charge on any atom is -0.296 e. The Morgan fingerprint density at radius 1 is 1.03 bits per heavy atom. The van der Waals surface area contributed by atoms with Crippen molar-refractivity contribution in [2.24, 2.45) is 4.99 Å². The number of benzene rings is 2. The smallest absolute Gasteiger partial charge is 0.296 e. The summed E-state index contributed by atoms with van der Waals surface area (Å²) in [6, 6.07) is 8.86. The lowest BCUT2D eigenvalue weighted by Crippen LogP contribution is -2.43. The first kappa shape index (κ1) is 25.3. The van der Waals surface area contributed by atoms with Gasteiger partial charge in [0.25, 0.3) is 0 Å². The number of nitrogens with zero attached hydrogens (tertiary/aromatic N) is 5. The van der Waals surface area contributed by atoms with E-state index in [0.717, 1.165) is 29.5 Å². The van der Waals surface area contributed by atoms with Gasteiger partial charge < -0.3 is 0 Å². The normalized spacial score (nSPS) is 18.4. The number of aromatic nitrogens is 3. The Morgan fingerprint density at radius 2 is 1.86 bits per heavy atom. The van der Waals surface area contributed by atoms with Gasteiger partial charge in [0.15, 0.2) is 0 Å². The van der Waals surface area contributed by atoms with Crippen LogP contribution in [0.1, 0.15) is 48.8 Å². The van der Waals surface area contributed by atoms with Gasteiger partial charge in [0.1, 0.15) is 24.3 Å². The quantitative estimate of drug-likeness (QED) is 0.379. The van der Waals surface area contributed by atoms with Crippen LogP contribution in [0.4, 0.5) is 22.0 Å². The summed E-state index contributed by atoms with van der Waals surface area (Å²) < 4.78 is 69.6. The zero-order valence-corrected chi connectivity index (χ0v) is 20.2. The van der Waals surface area contributed by atoms with Crippen molar-refractivity contribution in [3.63, 3.8) is 0 Å². The molecule has 0 fully saturated rings.